The number of hydrogen-bond acceptors (Lipinski definition) is 2. The summed E-state index contributed by atoms with van der Waals surface area (Å²) < 4.78 is 0. The SMILES string of the molecule is CCCCCC(O)c1ccc(C2=C(C#N)CCC2)cc1. The normalized spacial score (nSPS) is 16.2. The first-order chi connectivity index (χ1) is 9.76. The minimum atomic E-state index is -0.358. The van der Waals surface area contributed by atoms with Crippen molar-refractivity contribution in [3.63, 3.8) is 0 Å². The van der Waals surface area contributed by atoms with Gasteiger partial charge in [-0.25, -0.2) is 0 Å². The molecule has 1 unspecified atom stereocenters. The number of benzene rings is 1. The Morgan fingerprint density at radius 2 is 1.95 bits per heavy atom. The van der Waals surface area contributed by atoms with E-state index in [0.717, 1.165) is 48.8 Å². The third-order valence-electron chi connectivity index (χ3n) is 4.08. The Hall–Kier alpha value is -1.59. The first kappa shape index (κ1) is 14.8. The summed E-state index contributed by atoms with van der Waals surface area (Å²) in [6, 6.07) is 10.4. The van der Waals surface area contributed by atoms with Gasteiger partial charge in [0.05, 0.1) is 12.2 Å². The van der Waals surface area contributed by atoms with Gasteiger partial charge in [-0.2, -0.15) is 5.26 Å². The number of nitriles is 1. The molecule has 0 bridgehead atoms. The van der Waals surface area contributed by atoms with Crippen molar-refractivity contribution in [2.75, 3.05) is 0 Å². The summed E-state index contributed by atoms with van der Waals surface area (Å²) in [7, 11) is 0. The van der Waals surface area contributed by atoms with E-state index < -0.39 is 0 Å². The van der Waals surface area contributed by atoms with Crippen molar-refractivity contribution in [2.45, 2.75) is 58.0 Å². The Balaban J connectivity index is 2.05. The van der Waals surface area contributed by atoms with E-state index in [1.54, 1.807) is 0 Å². The monoisotopic (exact) mass is 269 g/mol. The van der Waals surface area contributed by atoms with Crippen LogP contribution in [-0.4, -0.2) is 5.11 Å². The molecule has 0 radical (unpaired) electrons. The number of hydrogen-bond donors (Lipinski definition) is 1. The number of nitrogens with zero attached hydrogens (tertiary/aromatic N) is 1. The van der Waals surface area contributed by atoms with Gasteiger partial charge in [0.25, 0.3) is 0 Å². The lowest BCUT2D eigenvalue weighted by Crippen LogP contribution is -1.97. The van der Waals surface area contributed by atoms with Crippen molar-refractivity contribution < 1.29 is 5.11 Å². The highest BCUT2D eigenvalue weighted by atomic mass is 16.3. The topological polar surface area (TPSA) is 44.0 Å². The Bertz CT molecular complexity index is 507. The van der Waals surface area contributed by atoms with Gasteiger partial charge in [-0.1, -0.05) is 50.5 Å². The van der Waals surface area contributed by atoms with Crippen LogP contribution >= 0.6 is 0 Å². The Kier molecular flexibility index (Phi) is 5.38. The zero-order valence-corrected chi connectivity index (χ0v) is 12.2. The molecule has 0 amide bonds. The third-order valence-corrected chi connectivity index (χ3v) is 4.08. The Morgan fingerprint density at radius 3 is 2.60 bits per heavy atom. The fourth-order valence-electron chi connectivity index (χ4n) is 2.85. The summed E-state index contributed by atoms with van der Waals surface area (Å²) in [5, 5.41) is 19.3. The Morgan fingerprint density at radius 1 is 1.20 bits per heavy atom. The van der Waals surface area contributed by atoms with Gasteiger partial charge in [0, 0.05) is 5.57 Å². The molecule has 2 rings (SSSR count). The standard InChI is InChI=1S/C18H23NO/c1-2-3-4-8-18(20)15-11-9-14(10-12-15)17-7-5-6-16(17)13-19/h9-12,18,20H,2-8H2,1H3. The molecule has 0 saturated carbocycles. The van der Waals surface area contributed by atoms with E-state index in [0.29, 0.717) is 0 Å². The molecule has 0 spiro atoms. The Labute approximate surface area is 121 Å². The lowest BCUT2D eigenvalue weighted by atomic mass is 9.98. The molecule has 1 N–H and O–H groups in total. The largest absolute Gasteiger partial charge is 0.388 e. The zero-order valence-electron chi connectivity index (χ0n) is 12.2. The lowest BCUT2D eigenvalue weighted by molar-refractivity contribution is 0.163. The van der Waals surface area contributed by atoms with Crippen LogP contribution in [0.3, 0.4) is 0 Å². The summed E-state index contributed by atoms with van der Waals surface area (Å²) >= 11 is 0. The molecule has 20 heavy (non-hydrogen) atoms. The predicted octanol–water partition coefficient (Wildman–Crippen LogP) is 4.76. The van der Waals surface area contributed by atoms with Gasteiger partial charge in [0.2, 0.25) is 0 Å². The van der Waals surface area contributed by atoms with Crippen molar-refractivity contribution >= 4 is 5.57 Å². The average Bonchev–Trinajstić information content (AvgIpc) is 2.96. The second-order valence-corrected chi connectivity index (χ2v) is 5.56. The highest BCUT2D eigenvalue weighted by Gasteiger charge is 2.16. The molecule has 1 aliphatic carbocycles. The van der Waals surface area contributed by atoms with Gasteiger partial charge in [-0.15, -0.1) is 0 Å². The highest BCUT2D eigenvalue weighted by Crippen LogP contribution is 2.34. The maximum atomic E-state index is 10.1. The van der Waals surface area contributed by atoms with E-state index in [9.17, 15) is 5.11 Å². The third kappa shape index (κ3) is 3.49. The molecule has 1 aliphatic rings. The van der Waals surface area contributed by atoms with E-state index in [1.807, 2.05) is 12.1 Å². The zero-order chi connectivity index (χ0) is 14.4. The van der Waals surface area contributed by atoms with Crippen molar-refractivity contribution in [1.29, 1.82) is 5.26 Å². The molecule has 1 aromatic rings. The smallest absolute Gasteiger partial charge is 0.0950 e. The molecule has 0 aliphatic heterocycles. The van der Waals surface area contributed by atoms with Crippen LogP contribution in [0, 0.1) is 11.3 Å². The number of unbranched alkanes of at least 4 members (excludes halogenated alkanes) is 2. The van der Waals surface area contributed by atoms with Gasteiger partial charge >= 0.3 is 0 Å². The van der Waals surface area contributed by atoms with Crippen LogP contribution in [0.15, 0.2) is 29.8 Å². The summed E-state index contributed by atoms with van der Waals surface area (Å²) in [6.07, 6.45) is 6.89. The summed E-state index contributed by atoms with van der Waals surface area (Å²) in [6.45, 7) is 2.17. The van der Waals surface area contributed by atoms with Gasteiger partial charge < -0.3 is 5.11 Å². The fraction of sp³-hybridized carbons (Fsp3) is 0.500. The van der Waals surface area contributed by atoms with E-state index in [2.05, 4.69) is 25.1 Å². The predicted molar refractivity (Wildman–Crippen MR) is 81.9 cm³/mol. The van der Waals surface area contributed by atoms with Crippen LogP contribution in [0.1, 0.15) is 69.1 Å². The molecule has 2 nitrogen and oxygen atoms in total. The van der Waals surface area contributed by atoms with Crippen molar-refractivity contribution in [3.05, 3.63) is 41.0 Å². The second kappa shape index (κ2) is 7.26. The molecule has 106 valence electrons. The van der Waals surface area contributed by atoms with Gasteiger partial charge in [-0.3, -0.25) is 0 Å². The van der Waals surface area contributed by atoms with Crippen molar-refractivity contribution in [3.8, 4) is 6.07 Å². The van der Waals surface area contributed by atoms with Gasteiger partial charge in [0.15, 0.2) is 0 Å². The summed E-state index contributed by atoms with van der Waals surface area (Å²) in [4.78, 5) is 0. The van der Waals surface area contributed by atoms with Crippen LogP contribution < -0.4 is 0 Å². The highest BCUT2D eigenvalue weighted by molar-refractivity contribution is 5.73. The minimum Gasteiger partial charge on any atom is -0.388 e. The molecular weight excluding hydrogens is 246 g/mol. The van der Waals surface area contributed by atoms with E-state index in [1.165, 1.54) is 18.4 Å². The van der Waals surface area contributed by atoms with Crippen LogP contribution in [0.5, 0.6) is 0 Å². The quantitative estimate of drug-likeness (QED) is 0.756. The molecule has 0 heterocycles. The van der Waals surface area contributed by atoms with E-state index in [-0.39, 0.29) is 6.10 Å². The van der Waals surface area contributed by atoms with Gasteiger partial charge in [0.1, 0.15) is 0 Å². The van der Waals surface area contributed by atoms with Crippen LogP contribution in [-0.2, 0) is 0 Å². The maximum absolute atomic E-state index is 10.1. The van der Waals surface area contributed by atoms with E-state index >= 15 is 0 Å². The molecular formula is C18H23NO. The van der Waals surface area contributed by atoms with E-state index in [4.69, 9.17) is 5.26 Å². The van der Waals surface area contributed by atoms with Crippen LogP contribution in [0.2, 0.25) is 0 Å². The van der Waals surface area contributed by atoms with Gasteiger partial charge in [-0.05, 0) is 42.4 Å². The van der Waals surface area contributed by atoms with Crippen LogP contribution in [0.25, 0.3) is 5.57 Å². The molecule has 0 aromatic heterocycles. The molecule has 0 fully saturated rings. The lowest BCUT2D eigenvalue weighted by Gasteiger charge is -2.12. The molecule has 1 aromatic carbocycles. The number of rotatable bonds is 6. The molecule has 0 saturated heterocycles. The van der Waals surface area contributed by atoms with Crippen LogP contribution in [0.4, 0.5) is 0 Å². The maximum Gasteiger partial charge on any atom is 0.0950 e. The molecule has 1 atom stereocenters. The minimum absolute atomic E-state index is 0.358. The summed E-state index contributed by atoms with van der Waals surface area (Å²) in [5.74, 6) is 0. The second-order valence-electron chi connectivity index (χ2n) is 5.56. The fourth-order valence-corrected chi connectivity index (χ4v) is 2.85. The first-order valence-electron chi connectivity index (χ1n) is 7.66. The number of allylic oxidation sites excluding steroid dienone is 2. The average molecular weight is 269 g/mol. The van der Waals surface area contributed by atoms with Crippen molar-refractivity contribution in [2.24, 2.45) is 0 Å². The number of aliphatic hydroxyl groups is 1. The summed E-state index contributed by atoms with van der Waals surface area (Å²) in [5.41, 5.74) is 4.26. The molecule has 2 heteroatoms. The number of aliphatic hydroxyl groups excluding tert-OH is 1. The van der Waals surface area contributed by atoms with Crippen molar-refractivity contribution in [1.82, 2.24) is 0 Å². The first-order valence-corrected chi connectivity index (χ1v) is 7.66.